The fourth-order valence-corrected chi connectivity index (χ4v) is 7.96. The van der Waals surface area contributed by atoms with Crippen LogP contribution in [0.3, 0.4) is 0 Å². The van der Waals surface area contributed by atoms with Gasteiger partial charge in [-0.05, 0) is 116 Å². The summed E-state index contributed by atoms with van der Waals surface area (Å²) in [5, 5.41) is 0. The normalized spacial score (nSPS) is 12.7. The number of para-hydroxylation sites is 2. The third kappa shape index (κ3) is 5.23. The van der Waals surface area contributed by atoms with Crippen LogP contribution in [0.4, 0.5) is 17.1 Å². The molecule has 0 heterocycles. The molecule has 0 unspecified atom stereocenters. The Hall–Kier alpha value is -5.31. The van der Waals surface area contributed by atoms with E-state index in [-0.39, 0.29) is 5.41 Å². The van der Waals surface area contributed by atoms with Crippen molar-refractivity contribution in [2.45, 2.75) is 24.2 Å². The highest BCUT2D eigenvalue weighted by Gasteiger charge is 2.36. The maximum absolute atomic E-state index is 2.44. The van der Waals surface area contributed by atoms with Crippen LogP contribution in [0, 0.1) is 0 Å². The van der Waals surface area contributed by atoms with Crippen molar-refractivity contribution in [3.63, 3.8) is 0 Å². The van der Waals surface area contributed by atoms with Gasteiger partial charge >= 0.3 is 0 Å². The first-order valence-electron chi connectivity index (χ1n) is 16.6. The van der Waals surface area contributed by atoms with E-state index in [0.717, 1.165) is 11.4 Å². The molecule has 0 atom stereocenters. The van der Waals surface area contributed by atoms with Crippen molar-refractivity contribution in [2.75, 3.05) is 11.2 Å². The van der Waals surface area contributed by atoms with E-state index in [1.54, 1.807) is 11.8 Å². The van der Waals surface area contributed by atoms with Gasteiger partial charge in [-0.2, -0.15) is 0 Å². The number of fused-ring (bicyclic) bond motifs is 3. The molecule has 0 fully saturated rings. The Labute approximate surface area is 288 Å². The van der Waals surface area contributed by atoms with Crippen LogP contribution in [-0.4, -0.2) is 6.26 Å². The summed E-state index contributed by atoms with van der Waals surface area (Å²) in [5.74, 6) is 0. The van der Waals surface area contributed by atoms with Crippen LogP contribution in [0.1, 0.15) is 25.0 Å². The second kappa shape index (κ2) is 12.4. The van der Waals surface area contributed by atoms with E-state index in [4.69, 9.17) is 0 Å². The van der Waals surface area contributed by atoms with Crippen LogP contribution < -0.4 is 4.90 Å². The van der Waals surface area contributed by atoms with Crippen molar-refractivity contribution >= 4 is 28.8 Å². The van der Waals surface area contributed by atoms with E-state index >= 15 is 0 Å². The largest absolute Gasteiger partial charge is 0.310 e. The van der Waals surface area contributed by atoms with Gasteiger partial charge in [-0.25, -0.2) is 0 Å². The van der Waals surface area contributed by atoms with Crippen molar-refractivity contribution in [3.8, 4) is 44.5 Å². The first kappa shape index (κ1) is 30.1. The number of benzene rings is 7. The van der Waals surface area contributed by atoms with Crippen LogP contribution in [0.2, 0.25) is 0 Å². The molecule has 0 aromatic heterocycles. The van der Waals surface area contributed by atoms with Gasteiger partial charge in [0, 0.05) is 27.4 Å². The fraction of sp³-hybridized carbons (Fsp3) is 0.0870. The van der Waals surface area contributed by atoms with Gasteiger partial charge in [0.2, 0.25) is 0 Å². The molecule has 2 heteroatoms. The predicted molar refractivity (Wildman–Crippen MR) is 207 cm³/mol. The minimum Gasteiger partial charge on any atom is -0.310 e. The average Bonchev–Trinajstić information content (AvgIpc) is 3.37. The maximum Gasteiger partial charge on any atom is 0.0465 e. The lowest BCUT2D eigenvalue weighted by Crippen LogP contribution is -2.16. The summed E-state index contributed by atoms with van der Waals surface area (Å²) in [6, 6.07) is 61.9. The summed E-state index contributed by atoms with van der Waals surface area (Å²) in [5.41, 5.74) is 16.2. The van der Waals surface area contributed by atoms with Gasteiger partial charge in [-0.15, -0.1) is 11.8 Å². The molecular formula is C46H37NS. The number of hydrogen-bond acceptors (Lipinski definition) is 2. The van der Waals surface area contributed by atoms with Crippen LogP contribution in [0.5, 0.6) is 0 Å². The lowest BCUT2D eigenvalue weighted by atomic mass is 9.81. The Kier molecular flexibility index (Phi) is 7.75. The topological polar surface area (TPSA) is 3.24 Å². The Bertz CT molecular complexity index is 2200. The Morgan fingerprint density at radius 1 is 0.396 bits per heavy atom. The molecule has 0 bridgehead atoms. The summed E-state index contributed by atoms with van der Waals surface area (Å²) in [6.45, 7) is 4.75. The summed E-state index contributed by atoms with van der Waals surface area (Å²) in [7, 11) is 0. The minimum atomic E-state index is -0.167. The Morgan fingerprint density at radius 3 is 1.56 bits per heavy atom. The smallest absolute Gasteiger partial charge is 0.0465 e. The summed E-state index contributed by atoms with van der Waals surface area (Å²) in [6.07, 6.45) is 2.15. The number of anilines is 3. The first-order valence-corrected chi connectivity index (χ1v) is 17.8. The monoisotopic (exact) mass is 635 g/mol. The van der Waals surface area contributed by atoms with Gasteiger partial charge in [0.25, 0.3) is 0 Å². The molecule has 0 spiro atoms. The van der Waals surface area contributed by atoms with E-state index in [1.165, 1.54) is 66.2 Å². The van der Waals surface area contributed by atoms with Crippen molar-refractivity contribution < 1.29 is 0 Å². The summed E-state index contributed by atoms with van der Waals surface area (Å²) >= 11 is 1.80. The van der Waals surface area contributed by atoms with Crippen LogP contribution in [0.15, 0.2) is 175 Å². The average molecular weight is 636 g/mol. The third-order valence-electron chi connectivity index (χ3n) is 9.78. The molecule has 0 saturated carbocycles. The molecule has 48 heavy (non-hydrogen) atoms. The second-order valence-corrected chi connectivity index (χ2v) is 13.8. The number of thioether (sulfide) groups is 1. The molecular weight excluding hydrogens is 599 g/mol. The van der Waals surface area contributed by atoms with Crippen molar-refractivity contribution in [1.82, 2.24) is 0 Å². The van der Waals surface area contributed by atoms with Crippen molar-refractivity contribution in [1.29, 1.82) is 0 Å². The lowest BCUT2D eigenvalue weighted by Gasteiger charge is -2.28. The molecule has 0 radical (unpaired) electrons. The standard InChI is InChI=1S/C46H37NS/c1-46(2)43-30-34(38-26-23-33(39-21-13-14-22-45(39)48-3)29-42(38)32-15-7-4-8-16-32)24-27-40(43)41-28-25-37(31-44(41)46)47(35-17-9-5-10-18-35)36-19-11-6-12-20-36/h4-31H,1-3H3. The molecule has 232 valence electrons. The minimum absolute atomic E-state index is 0.167. The molecule has 0 amide bonds. The quantitative estimate of drug-likeness (QED) is 0.160. The number of nitrogens with zero attached hydrogens (tertiary/aromatic N) is 1. The predicted octanol–water partition coefficient (Wildman–Crippen LogP) is 13.2. The van der Waals surface area contributed by atoms with E-state index in [0.29, 0.717) is 0 Å². The molecule has 1 aliphatic rings. The molecule has 8 rings (SSSR count). The van der Waals surface area contributed by atoms with E-state index < -0.39 is 0 Å². The van der Waals surface area contributed by atoms with Crippen LogP contribution in [-0.2, 0) is 5.41 Å². The molecule has 0 saturated heterocycles. The molecule has 7 aromatic rings. The van der Waals surface area contributed by atoms with E-state index in [9.17, 15) is 0 Å². The fourth-order valence-electron chi connectivity index (χ4n) is 7.34. The van der Waals surface area contributed by atoms with Gasteiger partial charge < -0.3 is 4.90 Å². The van der Waals surface area contributed by atoms with E-state index in [2.05, 4.69) is 195 Å². The number of rotatable bonds is 7. The zero-order valence-corrected chi connectivity index (χ0v) is 28.3. The Morgan fingerprint density at radius 2 is 0.917 bits per heavy atom. The van der Waals surface area contributed by atoms with Crippen LogP contribution in [0.25, 0.3) is 44.5 Å². The summed E-state index contributed by atoms with van der Waals surface area (Å²) < 4.78 is 0. The van der Waals surface area contributed by atoms with Gasteiger partial charge in [-0.3, -0.25) is 0 Å². The maximum atomic E-state index is 2.44. The van der Waals surface area contributed by atoms with Crippen molar-refractivity contribution in [3.05, 3.63) is 181 Å². The first-order chi connectivity index (χ1) is 23.5. The van der Waals surface area contributed by atoms with Gasteiger partial charge in [0.1, 0.15) is 0 Å². The van der Waals surface area contributed by atoms with Gasteiger partial charge in [-0.1, -0.05) is 129 Å². The Balaban J connectivity index is 1.23. The highest BCUT2D eigenvalue weighted by molar-refractivity contribution is 7.98. The molecule has 7 aromatic carbocycles. The second-order valence-electron chi connectivity index (χ2n) is 12.9. The molecule has 0 aliphatic heterocycles. The SMILES string of the molecule is CSc1ccccc1-c1ccc(-c2ccc3c(c2)C(C)(C)c2cc(N(c4ccccc4)c4ccccc4)ccc2-3)c(-c2ccccc2)c1. The third-order valence-corrected chi connectivity index (χ3v) is 10.6. The zero-order valence-electron chi connectivity index (χ0n) is 27.5. The summed E-state index contributed by atoms with van der Waals surface area (Å²) in [4.78, 5) is 3.65. The molecule has 0 N–H and O–H groups in total. The highest BCUT2D eigenvalue weighted by atomic mass is 32.2. The highest BCUT2D eigenvalue weighted by Crippen LogP contribution is 2.52. The van der Waals surface area contributed by atoms with Gasteiger partial charge in [0.15, 0.2) is 0 Å². The van der Waals surface area contributed by atoms with E-state index in [1.807, 2.05) is 0 Å². The zero-order chi connectivity index (χ0) is 32.7. The number of hydrogen-bond donors (Lipinski definition) is 0. The molecule has 1 nitrogen and oxygen atoms in total. The molecule has 1 aliphatic carbocycles. The van der Waals surface area contributed by atoms with Crippen molar-refractivity contribution in [2.24, 2.45) is 0 Å². The lowest BCUT2D eigenvalue weighted by molar-refractivity contribution is 0.660. The van der Waals surface area contributed by atoms with Gasteiger partial charge in [0.05, 0.1) is 0 Å². The van der Waals surface area contributed by atoms with Crippen LogP contribution >= 0.6 is 11.8 Å².